The van der Waals surface area contributed by atoms with E-state index in [9.17, 15) is 14.7 Å². The minimum atomic E-state index is -1.30. The number of carboxylic acid groups (broad SMARTS) is 1. The van der Waals surface area contributed by atoms with Crippen molar-refractivity contribution in [2.75, 3.05) is 6.61 Å². The average molecular weight is 328 g/mol. The van der Waals surface area contributed by atoms with Gasteiger partial charge in [0.05, 0.1) is 6.21 Å². The second kappa shape index (κ2) is 8.44. The monoisotopic (exact) mass is 328 g/mol. The van der Waals surface area contributed by atoms with E-state index in [0.29, 0.717) is 16.9 Å². The predicted octanol–water partition coefficient (Wildman–Crippen LogP) is 1.33. The van der Waals surface area contributed by atoms with Crippen LogP contribution >= 0.6 is 0 Å². The lowest BCUT2D eigenvalue weighted by Crippen LogP contribution is -2.25. The molecule has 0 aliphatic rings. The highest BCUT2D eigenvalue weighted by molar-refractivity contribution is 5.85. The molecule has 1 amide bonds. The Hall–Kier alpha value is -3.19. The average Bonchev–Trinajstić information content (AvgIpc) is 2.61. The third kappa shape index (κ3) is 5.22. The summed E-state index contributed by atoms with van der Waals surface area (Å²) < 4.78 is 5.00. The van der Waals surface area contributed by atoms with Crippen LogP contribution in [0.2, 0.25) is 0 Å². The van der Waals surface area contributed by atoms with Gasteiger partial charge in [-0.15, -0.1) is 0 Å². The van der Waals surface area contributed by atoms with E-state index >= 15 is 0 Å². The lowest BCUT2D eigenvalue weighted by Gasteiger charge is -2.08. The maximum absolute atomic E-state index is 11.8. The summed E-state index contributed by atoms with van der Waals surface area (Å²) in [6.45, 7) is -0.416. The minimum Gasteiger partial charge on any atom is -0.482 e. The minimum absolute atomic E-state index is 0.415. The molecule has 0 spiro atoms. The number of hydrazone groups is 1. The number of carboxylic acids is 1. The maximum atomic E-state index is 11.8. The number of rotatable bonds is 7. The molecule has 7 nitrogen and oxygen atoms in total. The Kier molecular flexibility index (Phi) is 6.04. The Morgan fingerprint density at radius 1 is 1.12 bits per heavy atom. The first kappa shape index (κ1) is 17.2. The zero-order chi connectivity index (χ0) is 17.4. The Balaban J connectivity index is 1.87. The lowest BCUT2D eigenvalue weighted by molar-refractivity contribution is -0.139. The highest BCUT2D eigenvalue weighted by atomic mass is 16.5. The molecule has 0 bridgehead atoms. The molecule has 124 valence electrons. The van der Waals surface area contributed by atoms with Crippen LogP contribution in [0, 0.1) is 0 Å². The Morgan fingerprint density at radius 2 is 1.79 bits per heavy atom. The summed E-state index contributed by atoms with van der Waals surface area (Å²) >= 11 is 0. The van der Waals surface area contributed by atoms with Crippen LogP contribution in [0.15, 0.2) is 59.7 Å². The van der Waals surface area contributed by atoms with Crippen LogP contribution in [0.5, 0.6) is 5.75 Å². The molecule has 0 aliphatic carbocycles. The molecular formula is C17H16N2O5. The van der Waals surface area contributed by atoms with Crippen LogP contribution in [0.1, 0.15) is 17.2 Å². The highest BCUT2D eigenvalue weighted by Crippen LogP contribution is 2.12. The van der Waals surface area contributed by atoms with Crippen molar-refractivity contribution in [2.24, 2.45) is 5.10 Å². The fraction of sp³-hybridized carbons (Fsp3) is 0.118. The van der Waals surface area contributed by atoms with Crippen molar-refractivity contribution < 1.29 is 24.5 Å². The highest BCUT2D eigenvalue weighted by Gasteiger charge is 2.15. The van der Waals surface area contributed by atoms with Crippen molar-refractivity contribution in [2.45, 2.75) is 6.10 Å². The van der Waals surface area contributed by atoms with E-state index in [1.807, 2.05) is 0 Å². The molecule has 0 aromatic heterocycles. The van der Waals surface area contributed by atoms with Crippen LogP contribution in [-0.2, 0) is 9.59 Å². The van der Waals surface area contributed by atoms with Gasteiger partial charge in [0.15, 0.2) is 12.7 Å². The molecule has 3 N–H and O–H groups in total. The molecule has 0 fully saturated rings. The second-order valence-electron chi connectivity index (χ2n) is 4.80. The SMILES string of the molecule is O=C(O)COc1ccc(/C=N\NC(=O)[C@H](O)c2ccccc2)cc1. The van der Waals surface area contributed by atoms with Crippen molar-refractivity contribution in [3.05, 3.63) is 65.7 Å². The van der Waals surface area contributed by atoms with Crippen LogP contribution < -0.4 is 10.2 Å². The van der Waals surface area contributed by atoms with Gasteiger partial charge in [0.25, 0.3) is 5.91 Å². The van der Waals surface area contributed by atoms with Crippen molar-refractivity contribution in [1.82, 2.24) is 5.43 Å². The summed E-state index contributed by atoms with van der Waals surface area (Å²) in [6.07, 6.45) is 0.103. The van der Waals surface area contributed by atoms with Gasteiger partial charge in [-0.25, -0.2) is 10.2 Å². The fourth-order valence-corrected chi connectivity index (χ4v) is 1.81. The number of carbonyl (C=O) groups excluding carboxylic acids is 1. The summed E-state index contributed by atoms with van der Waals surface area (Å²) in [6, 6.07) is 15.0. The van der Waals surface area contributed by atoms with Crippen LogP contribution in [0.4, 0.5) is 0 Å². The number of ether oxygens (including phenoxy) is 1. The smallest absolute Gasteiger partial charge is 0.341 e. The lowest BCUT2D eigenvalue weighted by atomic mass is 10.1. The quantitative estimate of drug-likeness (QED) is 0.525. The molecule has 0 radical (unpaired) electrons. The molecule has 2 aromatic carbocycles. The zero-order valence-electron chi connectivity index (χ0n) is 12.6. The van der Waals surface area contributed by atoms with Gasteiger partial charge in [-0.05, 0) is 35.4 Å². The van der Waals surface area contributed by atoms with Crippen molar-refractivity contribution >= 4 is 18.1 Å². The Bertz CT molecular complexity index is 714. The van der Waals surface area contributed by atoms with E-state index < -0.39 is 24.6 Å². The third-order valence-electron chi connectivity index (χ3n) is 2.99. The summed E-state index contributed by atoms with van der Waals surface area (Å²) in [5.74, 6) is -1.28. The number of hydrogen-bond donors (Lipinski definition) is 3. The number of nitrogens with one attached hydrogen (secondary N) is 1. The van der Waals surface area contributed by atoms with E-state index in [1.54, 1.807) is 54.6 Å². The number of amides is 1. The Morgan fingerprint density at radius 3 is 2.42 bits per heavy atom. The van der Waals surface area contributed by atoms with E-state index in [0.717, 1.165) is 0 Å². The topological polar surface area (TPSA) is 108 Å². The molecule has 0 saturated heterocycles. The molecule has 1 atom stereocenters. The summed E-state index contributed by atoms with van der Waals surface area (Å²) in [5, 5.41) is 22.2. The number of nitrogens with zero attached hydrogens (tertiary/aromatic N) is 1. The molecule has 0 aliphatic heterocycles. The number of aliphatic hydroxyl groups is 1. The zero-order valence-corrected chi connectivity index (χ0v) is 12.6. The standard InChI is InChI=1S/C17H16N2O5/c20-15(21)11-24-14-8-6-12(7-9-14)10-18-19-17(23)16(22)13-4-2-1-3-5-13/h1-10,16,22H,11H2,(H,19,23)(H,20,21)/b18-10-/t16-/m1/s1. The van der Waals surface area contributed by atoms with E-state index in [-0.39, 0.29) is 0 Å². The van der Waals surface area contributed by atoms with Crippen molar-refractivity contribution in [3.63, 3.8) is 0 Å². The second-order valence-corrected chi connectivity index (χ2v) is 4.80. The fourth-order valence-electron chi connectivity index (χ4n) is 1.81. The molecule has 24 heavy (non-hydrogen) atoms. The first-order chi connectivity index (χ1) is 11.6. The van der Waals surface area contributed by atoms with E-state index in [2.05, 4.69) is 10.5 Å². The normalized spacial score (nSPS) is 11.9. The van der Waals surface area contributed by atoms with Crippen molar-refractivity contribution in [1.29, 1.82) is 0 Å². The molecule has 0 unspecified atom stereocenters. The number of aliphatic hydroxyl groups excluding tert-OH is 1. The van der Waals surface area contributed by atoms with E-state index in [1.165, 1.54) is 6.21 Å². The molecular weight excluding hydrogens is 312 g/mol. The largest absolute Gasteiger partial charge is 0.482 e. The van der Waals surface area contributed by atoms with Gasteiger partial charge < -0.3 is 14.9 Å². The summed E-state index contributed by atoms with van der Waals surface area (Å²) in [7, 11) is 0. The van der Waals surface area contributed by atoms with Gasteiger partial charge in [0.1, 0.15) is 5.75 Å². The summed E-state index contributed by atoms with van der Waals surface area (Å²) in [4.78, 5) is 22.2. The van der Waals surface area contributed by atoms with Crippen LogP contribution in [-0.4, -0.2) is 34.9 Å². The van der Waals surface area contributed by atoms with Crippen LogP contribution in [0.3, 0.4) is 0 Å². The first-order valence-corrected chi connectivity index (χ1v) is 7.07. The predicted molar refractivity (Wildman–Crippen MR) is 86.7 cm³/mol. The number of aliphatic carboxylic acids is 1. The van der Waals surface area contributed by atoms with Gasteiger partial charge in [0.2, 0.25) is 0 Å². The van der Waals surface area contributed by atoms with Crippen LogP contribution in [0.25, 0.3) is 0 Å². The van der Waals surface area contributed by atoms with Crippen molar-refractivity contribution in [3.8, 4) is 5.75 Å². The van der Waals surface area contributed by atoms with Gasteiger partial charge in [-0.1, -0.05) is 30.3 Å². The number of benzene rings is 2. The molecule has 0 saturated carbocycles. The van der Waals surface area contributed by atoms with Gasteiger partial charge >= 0.3 is 5.97 Å². The number of hydrogen-bond acceptors (Lipinski definition) is 5. The molecule has 2 aromatic rings. The van der Waals surface area contributed by atoms with E-state index in [4.69, 9.17) is 9.84 Å². The molecule has 2 rings (SSSR count). The van der Waals surface area contributed by atoms with Gasteiger partial charge in [-0.2, -0.15) is 5.10 Å². The first-order valence-electron chi connectivity index (χ1n) is 7.07. The maximum Gasteiger partial charge on any atom is 0.341 e. The number of carbonyl (C=O) groups is 2. The summed E-state index contributed by atoms with van der Waals surface area (Å²) in [5.41, 5.74) is 3.41. The van der Waals surface area contributed by atoms with Gasteiger partial charge in [0, 0.05) is 0 Å². The molecule has 0 heterocycles. The third-order valence-corrected chi connectivity index (χ3v) is 2.99. The Labute approximate surface area is 138 Å². The van der Waals surface area contributed by atoms with Gasteiger partial charge in [-0.3, -0.25) is 4.79 Å². The molecule has 7 heteroatoms.